The Bertz CT molecular complexity index is 1140. The number of benzene rings is 2. The lowest BCUT2D eigenvalue weighted by Crippen LogP contribution is -2.10. The van der Waals surface area contributed by atoms with E-state index in [0.29, 0.717) is 23.1 Å². The average Bonchev–Trinajstić information content (AvgIpc) is 2.65. The van der Waals surface area contributed by atoms with Gasteiger partial charge in [-0.05, 0) is 54.3 Å². The van der Waals surface area contributed by atoms with Gasteiger partial charge in [0.2, 0.25) is 0 Å². The van der Waals surface area contributed by atoms with E-state index in [1.165, 1.54) is 0 Å². The average molecular weight is 377 g/mol. The third-order valence-corrected chi connectivity index (χ3v) is 4.83. The van der Waals surface area contributed by atoms with Crippen molar-refractivity contribution in [2.75, 3.05) is 19.0 Å². The Morgan fingerprint density at radius 2 is 1.89 bits per heavy atom. The number of aryl methyl sites for hydroxylation is 2. The molecule has 1 aromatic heterocycles. The zero-order chi connectivity index (χ0) is 20.4. The van der Waals surface area contributed by atoms with Crippen molar-refractivity contribution in [3.63, 3.8) is 0 Å². The zero-order valence-electron chi connectivity index (χ0n) is 16.4. The number of hydrogen-bond acceptors (Lipinski definition) is 4. The predicted octanol–water partition coefficient (Wildman–Crippen LogP) is 4.60. The minimum Gasteiger partial charge on any atom is -0.478 e. The molecule has 0 atom stereocenters. The number of hydrogen-bond donors (Lipinski definition) is 1. The number of fused-ring (bicyclic) bond motifs is 1. The zero-order valence-corrected chi connectivity index (χ0v) is 16.4. The SMILES string of the molecule is CCc1c(/C=C/c2ccc(C(=O)O)c(C)c2)c(=O)oc2cc(N(C)C)ccc12. The third kappa shape index (κ3) is 3.69. The molecule has 28 heavy (non-hydrogen) atoms. The first kappa shape index (κ1) is 19.4. The summed E-state index contributed by atoms with van der Waals surface area (Å²) in [5.41, 5.74) is 4.39. The fourth-order valence-electron chi connectivity index (χ4n) is 3.31. The lowest BCUT2D eigenvalue weighted by molar-refractivity contribution is 0.0696. The summed E-state index contributed by atoms with van der Waals surface area (Å²) in [5, 5.41) is 10.1. The second-order valence-corrected chi connectivity index (χ2v) is 6.92. The topological polar surface area (TPSA) is 70.7 Å². The van der Waals surface area contributed by atoms with Gasteiger partial charge >= 0.3 is 11.6 Å². The number of aromatic carboxylic acids is 1. The van der Waals surface area contributed by atoms with E-state index < -0.39 is 5.97 Å². The number of carboxylic acids is 1. The Labute approximate surface area is 163 Å². The Morgan fingerprint density at radius 3 is 2.50 bits per heavy atom. The van der Waals surface area contributed by atoms with Crippen LogP contribution in [0.4, 0.5) is 5.69 Å². The van der Waals surface area contributed by atoms with Crippen LogP contribution < -0.4 is 10.5 Å². The maximum Gasteiger partial charge on any atom is 0.343 e. The van der Waals surface area contributed by atoms with Gasteiger partial charge in [0.25, 0.3) is 0 Å². The molecule has 0 radical (unpaired) electrons. The van der Waals surface area contributed by atoms with Crippen molar-refractivity contribution in [1.82, 2.24) is 0 Å². The summed E-state index contributed by atoms with van der Waals surface area (Å²) in [6.45, 7) is 3.77. The van der Waals surface area contributed by atoms with Gasteiger partial charge in [0.15, 0.2) is 0 Å². The monoisotopic (exact) mass is 377 g/mol. The normalized spacial score (nSPS) is 11.3. The lowest BCUT2D eigenvalue weighted by Gasteiger charge is -2.14. The molecule has 1 N–H and O–H groups in total. The maximum absolute atomic E-state index is 12.6. The third-order valence-electron chi connectivity index (χ3n) is 4.83. The lowest BCUT2D eigenvalue weighted by atomic mass is 10.00. The van der Waals surface area contributed by atoms with Gasteiger partial charge in [-0.1, -0.05) is 25.1 Å². The molecule has 0 bridgehead atoms. The van der Waals surface area contributed by atoms with Crippen LogP contribution in [0.15, 0.2) is 45.6 Å². The maximum atomic E-state index is 12.6. The van der Waals surface area contributed by atoms with Crippen molar-refractivity contribution in [1.29, 1.82) is 0 Å². The Hall–Kier alpha value is -3.34. The minimum atomic E-state index is -0.950. The molecular weight excluding hydrogens is 354 g/mol. The molecule has 0 aliphatic rings. The molecule has 0 spiro atoms. The summed E-state index contributed by atoms with van der Waals surface area (Å²) in [7, 11) is 3.88. The van der Waals surface area contributed by atoms with Crippen molar-refractivity contribution in [2.24, 2.45) is 0 Å². The summed E-state index contributed by atoms with van der Waals surface area (Å²) in [5.74, 6) is -0.950. The van der Waals surface area contributed by atoms with E-state index in [0.717, 1.165) is 22.2 Å². The van der Waals surface area contributed by atoms with Crippen molar-refractivity contribution >= 4 is 34.8 Å². The predicted molar refractivity (Wildman–Crippen MR) is 113 cm³/mol. The van der Waals surface area contributed by atoms with Gasteiger partial charge < -0.3 is 14.4 Å². The van der Waals surface area contributed by atoms with Crippen LogP contribution in [-0.2, 0) is 6.42 Å². The van der Waals surface area contributed by atoms with Crippen molar-refractivity contribution in [2.45, 2.75) is 20.3 Å². The Morgan fingerprint density at radius 1 is 1.14 bits per heavy atom. The number of nitrogens with zero attached hydrogens (tertiary/aromatic N) is 1. The highest BCUT2D eigenvalue weighted by Crippen LogP contribution is 2.26. The van der Waals surface area contributed by atoms with Crippen LogP contribution in [-0.4, -0.2) is 25.2 Å². The second kappa shape index (κ2) is 7.72. The Kier molecular flexibility index (Phi) is 5.36. The molecule has 3 aromatic rings. The number of rotatable bonds is 5. The van der Waals surface area contributed by atoms with Gasteiger partial charge in [-0.15, -0.1) is 0 Å². The van der Waals surface area contributed by atoms with E-state index in [9.17, 15) is 9.59 Å². The fourth-order valence-corrected chi connectivity index (χ4v) is 3.31. The van der Waals surface area contributed by atoms with Gasteiger partial charge in [0.1, 0.15) is 5.58 Å². The highest BCUT2D eigenvalue weighted by atomic mass is 16.4. The first-order valence-corrected chi connectivity index (χ1v) is 9.11. The number of carbonyl (C=O) groups is 1. The Balaban J connectivity index is 2.08. The van der Waals surface area contributed by atoms with Crippen LogP contribution in [0.3, 0.4) is 0 Å². The second-order valence-electron chi connectivity index (χ2n) is 6.92. The van der Waals surface area contributed by atoms with Crippen LogP contribution in [0, 0.1) is 6.92 Å². The molecule has 1 heterocycles. The molecule has 0 unspecified atom stereocenters. The van der Waals surface area contributed by atoms with E-state index in [1.54, 1.807) is 31.2 Å². The molecule has 3 rings (SSSR count). The molecule has 0 aliphatic carbocycles. The fraction of sp³-hybridized carbons (Fsp3) is 0.217. The van der Waals surface area contributed by atoms with Crippen molar-refractivity contribution < 1.29 is 14.3 Å². The summed E-state index contributed by atoms with van der Waals surface area (Å²) < 4.78 is 5.58. The van der Waals surface area contributed by atoms with Crippen LogP contribution in [0.25, 0.3) is 23.1 Å². The van der Waals surface area contributed by atoms with Crippen LogP contribution in [0.5, 0.6) is 0 Å². The molecule has 0 fully saturated rings. The van der Waals surface area contributed by atoms with Gasteiger partial charge in [0, 0.05) is 31.2 Å². The van der Waals surface area contributed by atoms with Crippen molar-refractivity contribution in [3.05, 3.63) is 74.6 Å². The summed E-state index contributed by atoms with van der Waals surface area (Å²) in [6, 6.07) is 10.9. The smallest absolute Gasteiger partial charge is 0.343 e. The molecular formula is C23H23NO4. The highest BCUT2D eigenvalue weighted by Gasteiger charge is 2.12. The quantitative estimate of drug-likeness (QED) is 0.658. The largest absolute Gasteiger partial charge is 0.478 e. The number of carboxylic acid groups (broad SMARTS) is 1. The van der Waals surface area contributed by atoms with E-state index in [-0.39, 0.29) is 11.2 Å². The van der Waals surface area contributed by atoms with Crippen LogP contribution in [0.2, 0.25) is 0 Å². The van der Waals surface area contributed by atoms with Crippen LogP contribution >= 0.6 is 0 Å². The molecule has 144 valence electrons. The van der Waals surface area contributed by atoms with Gasteiger partial charge in [-0.3, -0.25) is 0 Å². The molecule has 5 nitrogen and oxygen atoms in total. The van der Waals surface area contributed by atoms with Gasteiger partial charge in [-0.25, -0.2) is 9.59 Å². The van der Waals surface area contributed by atoms with Crippen LogP contribution in [0.1, 0.15) is 39.5 Å². The first-order chi connectivity index (χ1) is 13.3. The summed E-state index contributed by atoms with van der Waals surface area (Å²) >= 11 is 0. The summed E-state index contributed by atoms with van der Waals surface area (Å²) in [4.78, 5) is 25.7. The summed E-state index contributed by atoms with van der Waals surface area (Å²) in [6.07, 6.45) is 4.25. The molecule has 0 saturated carbocycles. The van der Waals surface area contributed by atoms with Crippen molar-refractivity contribution in [3.8, 4) is 0 Å². The number of anilines is 1. The van der Waals surface area contributed by atoms with E-state index in [4.69, 9.17) is 9.52 Å². The molecule has 0 amide bonds. The van der Waals surface area contributed by atoms with E-state index >= 15 is 0 Å². The molecule has 2 aromatic carbocycles. The first-order valence-electron chi connectivity index (χ1n) is 9.11. The molecule has 0 saturated heterocycles. The molecule has 0 aliphatic heterocycles. The standard InChI is InChI=1S/C23H23NO4/c1-5-17-19-11-8-16(24(3)4)13-21(19)28-23(27)20(17)10-7-15-6-9-18(22(25)26)14(2)12-15/h6-13H,5H2,1-4H3,(H,25,26)/b10-7+. The van der Waals surface area contributed by atoms with E-state index in [2.05, 4.69) is 0 Å². The van der Waals surface area contributed by atoms with Gasteiger partial charge in [-0.2, -0.15) is 0 Å². The van der Waals surface area contributed by atoms with E-state index in [1.807, 2.05) is 50.2 Å². The highest BCUT2D eigenvalue weighted by molar-refractivity contribution is 5.90. The molecule has 5 heteroatoms. The van der Waals surface area contributed by atoms with Gasteiger partial charge in [0.05, 0.1) is 11.1 Å². The minimum absolute atomic E-state index is 0.272.